The lowest BCUT2D eigenvalue weighted by Gasteiger charge is -2.41. The number of hydrogen-bond acceptors (Lipinski definition) is 6. The quantitative estimate of drug-likeness (QED) is 0.874. The van der Waals surface area contributed by atoms with Gasteiger partial charge in [-0.1, -0.05) is 5.16 Å². The van der Waals surface area contributed by atoms with Crippen LogP contribution < -0.4 is 0 Å². The van der Waals surface area contributed by atoms with Crippen LogP contribution in [0.3, 0.4) is 0 Å². The summed E-state index contributed by atoms with van der Waals surface area (Å²) < 4.78 is 11.1. The summed E-state index contributed by atoms with van der Waals surface area (Å²) >= 11 is 0. The smallest absolute Gasteiger partial charge is 0.240 e. The Balaban J connectivity index is 1.63. The molecule has 0 amide bonds. The van der Waals surface area contributed by atoms with E-state index < -0.39 is 0 Å². The average molecular weight is 267 g/mol. The molecule has 1 atom stereocenters. The molecular formula is C13H21N3O3. The first-order valence-electron chi connectivity index (χ1n) is 6.89. The first kappa shape index (κ1) is 13.0. The zero-order valence-electron chi connectivity index (χ0n) is 11.5. The van der Waals surface area contributed by atoms with E-state index in [0.29, 0.717) is 24.9 Å². The molecule has 1 aliphatic carbocycles. The van der Waals surface area contributed by atoms with Gasteiger partial charge in [-0.3, -0.25) is 4.90 Å². The normalized spacial score (nSPS) is 27.6. The van der Waals surface area contributed by atoms with Gasteiger partial charge < -0.3 is 14.4 Å². The molecule has 0 spiro atoms. The van der Waals surface area contributed by atoms with E-state index in [1.54, 1.807) is 0 Å². The lowest BCUT2D eigenvalue weighted by atomic mass is 10.1. The van der Waals surface area contributed by atoms with Gasteiger partial charge in [-0.25, -0.2) is 0 Å². The van der Waals surface area contributed by atoms with Crippen molar-refractivity contribution in [3.63, 3.8) is 0 Å². The number of nitrogens with zero attached hydrogens (tertiary/aromatic N) is 3. The minimum atomic E-state index is -0.259. The van der Waals surface area contributed by atoms with E-state index in [1.165, 1.54) is 12.8 Å². The molecule has 2 aliphatic rings. The topological polar surface area (TPSA) is 71.6 Å². The molecule has 1 N–H and O–H groups in total. The molecule has 1 saturated carbocycles. The van der Waals surface area contributed by atoms with Gasteiger partial charge in [0.2, 0.25) is 5.89 Å². The number of morpholine rings is 1. The van der Waals surface area contributed by atoms with Crippen LogP contribution >= 0.6 is 0 Å². The van der Waals surface area contributed by atoms with Crippen molar-refractivity contribution in [2.24, 2.45) is 0 Å². The van der Waals surface area contributed by atoms with Crippen LogP contribution in [0, 0.1) is 0 Å². The number of aromatic nitrogens is 2. The van der Waals surface area contributed by atoms with Crippen molar-refractivity contribution >= 4 is 0 Å². The molecule has 0 bridgehead atoms. The van der Waals surface area contributed by atoms with Gasteiger partial charge in [0.1, 0.15) is 0 Å². The van der Waals surface area contributed by atoms with Crippen LogP contribution in [0.1, 0.15) is 44.3 Å². The van der Waals surface area contributed by atoms with Crippen molar-refractivity contribution in [2.75, 3.05) is 19.7 Å². The molecule has 2 heterocycles. The van der Waals surface area contributed by atoms with Crippen LogP contribution in [-0.2, 0) is 11.3 Å². The van der Waals surface area contributed by atoms with E-state index in [2.05, 4.69) is 15.0 Å². The van der Waals surface area contributed by atoms with Crippen molar-refractivity contribution in [1.82, 2.24) is 15.0 Å². The fourth-order valence-corrected chi connectivity index (χ4v) is 2.66. The summed E-state index contributed by atoms with van der Waals surface area (Å²) in [7, 11) is 0. The molecule has 0 radical (unpaired) electrons. The Bertz CT molecular complexity index is 442. The summed E-state index contributed by atoms with van der Waals surface area (Å²) in [4.78, 5) is 6.65. The largest absolute Gasteiger partial charge is 0.394 e. The third kappa shape index (κ3) is 3.13. The molecule has 3 rings (SSSR count). The van der Waals surface area contributed by atoms with Crippen molar-refractivity contribution < 1.29 is 14.4 Å². The van der Waals surface area contributed by atoms with Gasteiger partial charge in [0.15, 0.2) is 5.82 Å². The highest BCUT2D eigenvalue weighted by molar-refractivity contribution is 5.03. The molecule has 2 fully saturated rings. The summed E-state index contributed by atoms with van der Waals surface area (Å²) in [6.07, 6.45) is 2.21. The van der Waals surface area contributed by atoms with Crippen LogP contribution in [0.25, 0.3) is 0 Å². The van der Waals surface area contributed by atoms with E-state index in [0.717, 1.165) is 12.4 Å². The summed E-state index contributed by atoms with van der Waals surface area (Å²) in [5.41, 5.74) is -0.259. The van der Waals surface area contributed by atoms with E-state index in [-0.39, 0.29) is 18.3 Å². The average Bonchev–Trinajstić information content (AvgIpc) is 3.09. The zero-order chi connectivity index (χ0) is 13.5. The Kier molecular flexibility index (Phi) is 3.32. The van der Waals surface area contributed by atoms with E-state index in [9.17, 15) is 5.11 Å². The maximum Gasteiger partial charge on any atom is 0.240 e. The summed E-state index contributed by atoms with van der Waals surface area (Å²) in [5, 5.41) is 13.3. The zero-order valence-corrected chi connectivity index (χ0v) is 11.5. The molecule has 0 aromatic carbocycles. The Labute approximate surface area is 112 Å². The highest BCUT2D eigenvalue weighted by atomic mass is 16.5. The standard InChI is InChI=1S/C13H21N3O3/c1-13(2)8-16(5-10(7-17)18-13)6-11-14-12(15-19-11)9-3-4-9/h9-10,17H,3-8H2,1-2H3. The molecule has 19 heavy (non-hydrogen) atoms. The molecule has 1 saturated heterocycles. The van der Waals surface area contributed by atoms with Gasteiger partial charge >= 0.3 is 0 Å². The van der Waals surface area contributed by atoms with Crippen molar-refractivity contribution in [2.45, 2.75) is 50.9 Å². The summed E-state index contributed by atoms with van der Waals surface area (Å²) in [5.74, 6) is 2.03. The number of ether oxygens (including phenoxy) is 1. The molecule has 1 unspecified atom stereocenters. The summed E-state index contributed by atoms with van der Waals surface area (Å²) in [6, 6.07) is 0. The first-order chi connectivity index (χ1) is 9.05. The van der Waals surface area contributed by atoms with Crippen LogP contribution in [0.5, 0.6) is 0 Å². The Morgan fingerprint density at radius 1 is 1.42 bits per heavy atom. The second-order valence-electron chi connectivity index (χ2n) is 6.17. The summed E-state index contributed by atoms with van der Waals surface area (Å²) in [6.45, 7) is 6.22. The molecule has 1 aromatic rings. The first-order valence-corrected chi connectivity index (χ1v) is 6.89. The van der Waals surface area contributed by atoms with Gasteiger partial charge in [0.25, 0.3) is 0 Å². The molecular weight excluding hydrogens is 246 g/mol. The van der Waals surface area contributed by atoms with E-state index in [4.69, 9.17) is 9.26 Å². The van der Waals surface area contributed by atoms with Gasteiger partial charge in [0.05, 0.1) is 24.9 Å². The van der Waals surface area contributed by atoms with Crippen molar-refractivity contribution in [3.8, 4) is 0 Å². The molecule has 106 valence electrons. The lowest BCUT2D eigenvalue weighted by molar-refractivity contribution is -0.151. The van der Waals surface area contributed by atoms with Crippen molar-refractivity contribution in [1.29, 1.82) is 0 Å². The SMILES string of the molecule is CC1(C)CN(Cc2nc(C3CC3)no2)CC(CO)O1. The Morgan fingerprint density at radius 2 is 2.21 bits per heavy atom. The highest BCUT2D eigenvalue weighted by Gasteiger charge is 2.34. The monoisotopic (exact) mass is 267 g/mol. The molecule has 1 aromatic heterocycles. The minimum absolute atomic E-state index is 0.0388. The van der Waals surface area contributed by atoms with Crippen LogP contribution in [0.15, 0.2) is 4.52 Å². The number of aliphatic hydroxyl groups is 1. The highest BCUT2D eigenvalue weighted by Crippen LogP contribution is 2.38. The maximum atomic E-state index is 9.29. The second-order valence-corrected chi connectivity index (χ2v) is 6.17. The van der Waals surface area contributed by atoms with Crippen molar-refractivity contribution in [3.05, 3.63) is 11.7 Å². The fourth-order valence-electron chi connectivity index (χ4n) is 2.66. The van der Waals surface area contributed by atoms with E-state index >= 15 is 0 Å². The third-order valence-electron chi connectivity index (χ3n) is 3.54. The van der Waals surface area contributed by atoms with Gasteiger partial charge in [-0.05, 0) is 26.7 Å². The molecule has 1 aliphatic heterocycles. The third-order valence-corrected chi connectivity index (χ3v) is 3.54. The van der Waals surface area contributed by atoms with E-state index in [1.807, 2.05) is 13.8 Å². The van der Waals surface area contributed by atoms with Crippen LogP contribution in [0.2, 0.25) is 0 Å². The number of aliphatic hydroxyl groups excluding tert-OH is 1. The fraction of sp³-hybridized carbons (Fsp3) is 0.846. The Hall–Kier alpha value is -0.980. The lowest BCUT2D eigenvalue weighted by Crippen LogP contribution is -2.53. The van der Waals surface area contributed by atoms with Gasteiger partial charge in [0, 0.05) is 19.0 Å². The molecule has 6 heteroatoms. The van der Waals surface area contributed by atoms with Crippen LogP contribution in [-0.4, -0.2) is 51.5 Å². The minimum Gasteiger partial charge on any atom is -0.394 e. The second kappa shape index (κ2) is 4.85. The maximum absolute atomic E-state index is 9.29. The number of hydrogen-bond donors (Lipinski definition) is 1. The number of rotatable bonds is 4. The predicted octanol–water partition coefficient (Wildman–Crippen LogP) is 0.919. The van der Waals surface area contributed by atoms with Crippen LogP contribution in [0.4, 0.5) is 0 Å². The molecule has 6 nitrogen and oxygen atoms in total. The Morgan fingerprint density at radius 3 is 2.89 bits per heavy atom. The predicted molar refractivity (Wildman–Crippen MR) is 67.6 cm³/mol. The van der Waals surface area contributed by atoms with Gasteiger partial charge in [-0.15, -0.1) is 0 Å². The van der Waals surface area contributed by atoms with Gasteiger partial charge in [-0.2, -0.15) is 4.98 Å².